The Hall–Kier alpha value is -3.50. The maximum absolute atomic E-state index is 13.9. The largest absolute Gasteiger partial charge is 0.460 e. The van der Waals surface area contributed by atoms with Crippen LogP contribution in [0.3, 0.4) is 0 Å². The first-order chi connectivity index (χ1) is 19.1. The molecule has 10 nitrogen and oxygen atoms in total. The van der Waals surface area contributed by atoms with Gasteiger partial charge in [0.15, 0.2) is 0 Å². The zero-order valence-corrected chi connectivity index (χ0v) is 23.7. The summed E-state index contributed by atoms with van der Waals surface area (Å²) in [5.74, 6) is -0.723. The van der Waals surface area contributed by atoms with Gasteiger partial charge in [-0.05, 0) is 63.6 Å². The molecule has 2 aromatic rings. The number of rotatable bonds is 8. The number of nitrogens with zero attached hydrogens (tertiary/aromatic N) is 2. The molecular formula is C30H41N5O5. The highest BCUT2D eigenvalue weighted by Crippen LogP contribution is 2.44. The summed E-state index contributed by atoms with van der Waals surface area (Å²) in [5, 5.41) is 9.03. The average molecular weight is 552 g/mol. The molecule has 216 valence electrons. The minimum absolute atomic E-state index is 0.148. The maximum atomic E-state index is 13.9. The summed E-state index contributed by atoms with van der Waals surface area (Å²) in [5.41, 5.74) is 6.90. The number of hydrogen-bond acceptors (Lipinski definition) is 7. The predicted molar refractivity (Wildman–Crippen MR) is 153 cm³/mol. The second kappa shape index (κ2) is 12.8. The molecule has 0 spiro atoms. The molecule has 2 heterocycles. The minimum atomic E-state index is -0.844. The van der Waals surface area contributed by atoms with E-state index in [1.807, 2.05) is 12.1 Å². The SMILES string of the molecule is CC(C)(C)OC(=O)C[C@@H](C=NNC(N)=O)NC(=O)[C@@H]1CCCCN1C1(c2cccc3ccccc23)CCCCO1. The van der Waals surface area contributed by atoms with Crippen molar-refractivity contribution in [3.05, 3.63) is 48.0 Å². The molecule has 2 aliphatic rings. The molecule has 2 fully saturated rings. The Balaban J connectivity index is 1.64. The Bertz CT molecular complexity index is 1230. The minimum Gasteiger partial charge on any atom is -0.460 e. The second-order valence-electron chi connectivity index (χ2n) is 11.5. The van der Waals surface area contributed by atoms with Crippen LogP contribution < -0.4 is 16.5 Å². The molecule has 0 saturated carbocycles. The van der Waals surface area contributed by atoms with E-state index in [1.165, 1.54) is 6.21 Å². The number of carbonyl (C=O) groups is 3. The molecule has 3 amide bonds. The van der Waals surface area contributed by atoms with Gasteiger partial charge in [-0.15, -0.1) is 0 Å². The van der Waals surface area contributed by atoms with E-state index in [2.05, 4.69) is 51.1 Å². The number of nitrogens with two attached hydrogens (primary N) is 1. The van der Waals surface area contributed by atoms with Crippen LogP contribution >= 0.6 is 0 Å². The molecule has 0 radical (unpaired) electrons. The fourth-order valence-corrected chi connectivity index (χ4v) is 5.75. The number of piperidine rings is 1. The molecule has 2 saturated heterocycles. The Morgan fingerprint density at radius 3 is 2.65 bits per heavy atom. The maximum Gasteiger partial charge on any atom is 0.332 e. The van der Waals surface area contributed by atoms with Crippen molar-refractivity contribution in [1.82, 2.24) is 15.6 Å². The summed E-state index contributed by atoms with van der Waals surface area (Å²) in [4.78, 5) is 39.9. The fourth-order valence-electron chi connectivity index (χ4n) is 5.75. The first kappa shape index (κ1) is 29.5. The Labute approximate surface area is 235 Å². The van der Waals surface area contributed by atoms with Crippen LogP contribution in [0.1, 0.15) is 71.3 Å². The summed E-state index contributed by atoms with van der Waals surface area (Å²) < 4.78 is 12.1. The number of likely N-dealkylation sites (tertiary alicyclic amines) is 1. The van der Waals surface area contributed by atoms with Crippen molar-refractivity contribution in [2.24, 2.45) is 10.8 Å². The molecule has 0 aliphatic carbocycles. The number of carbonyl (C=O) groups excluding carboxylic acids is 3. The van der Waals surface area contributed by atoms with Gasteiger partial charge in [-0.3, -0.25) is 14.5 Å². The number of esters is 1. The van der Waals surface area contributed by atoms with E-state index in [0.717, 1.165) is 48.4 Å². The summed E-state index contributed by atoms with van der Waals surface area (Å²) in [6, 6.07) is 12.4. The molecular weight excluding hydrogens is 510 g/mol. The monoisotopic (exact) mass is 551 g/mol. The van der Waals surface area contributed by atoms with Gasteiger partial charge in [0.2, 0.25) is 5.91 Å². The van der Waals surface area contributed by atoms with Crippen LogP contribution in [0.5, 0.6) is 0 Å². The zero-order chi connectivity index (χ0) is 28.8. The van der Waals surface area contributed by atoms with Crippen LogP contribution in [0.4, 0.5) is 4.79 Å². The number of primary amides is 1. The van der Waals surface area contributed by atoms with Crippen molar-refractivity contribution in [2.45, 2.75) is 89.1 Å². The highest BCUT2D eigenvalue weighted by Gasteiger charge is 2.48. The number of fused-ring (bicyclic) bond motifs is 1. The van der Waals surface area contributed by atoms with Gasteiger partial charge in [0.05, 0.1) is 18.5 Å². The van der Waals surface area contributed by atoms with E-state index < -0.39 is 35.4 Å². The number of benzene rings is 2. The van der Waals surface area contributed by atoms with Gasteiger partial charge in [-0.25, -0.2) is 10.2 Å². The molecule has 4 rings (SSSR count). The smallest absolute Gasteiger partial charge is 0.332 e. The molecule has 40 heavy (non-hydrogen) atoms. The van der Waals surface area contributed by atoms with Gasteiger partial charge >= 0.3 is 12.0 Å². The van der Waals surface area contributed by atoms with Crippen LogP contribution in [0, 0.1) is 0 Å². The molecule has 10 heteroatoms. The van der Waals surface area contributed by atoms with Crippen molar-refractivity contribution >= 4 is 34.9 Å². The van der Waals surface area contributed by atoms with Crippen molar-refractivity contribution in [1.29, 1.82) is 0 Å². The highest BCUT2D eigenvalue weighted by atomic mass is 16.6. The molecule has 0 aromatic heterocycles. The van der Waals surface area contributed by atoms with Gasteiger partial charge in [0.1, 0.15) is 11.3 Å². The molecule has 0 bridgehead atoms. The number of hydrogen-bond donors (Lipinski definition) is 3. The van der Waals surface area contributed by atoms with E-state index >= 15 is 0 Å². The molecule has 4 N–H and O–H groups in total. The number of amides is 3. The first-order valence-electron chi connectivity index (χ1n) is 14.1. The van der Waals surface area contributed by atoms with Crippen LogP contribution in [0.25, 0.3) is 10.8 Å². The van der Waals surface area contributed by atoms with E-state index in [-0.39, 0.29) is 12.3 Å². The van der Waals surface area contributed by atoms with Crippen molar-refractivity contribution in [3.8, 4) is 0 Å². The topological polar surface area (TPSA) is 135 Å². The molecule has 2 aliphatic heterocycles. The Morgan fingerprint density at radius 2 is 1.93 bits per heavy atom. The zero-order valence-electron chi connectivity index (χ0n) is 23.7. The summed E-state index contributed by atoms with van der Waals surface area (Å²) in [7, 11) is 0. The third-order valence-corrected chi connectivity index (χ3v) is 7.29. The van der Waals surface area contributed by atoms with E-state index in [0.29, 0.717) is 19.6 Å². The Morgan fingerprint density at radius 1 is 1.15 bits per heavy atom. The third-order valence-electron chi connectivity index (χ3n) is 7.29. The quantitative estimate of drug-likeness (QED) is 0.259. The average Bonchev–Trinajstić information content (AvgIpc) is 2.91. The van der Waals surface area contributed by atoms with Crippen LogP contribution in [-0.2, 0) is 24.8 Å². The first-order valence-corrected chi connectivity index (χ1v) is 14.1. The van der Waals surface area contributed by atoms with E-state index in [9.17, 15) is 14.4 Å². The second-order valence-corrected chi connectivity index (χ2v) is 11.5. The fraction of sp³-hybridized carbons (Fsp3) is 0.533. The van der Waals surface area contributed by atoms with Crippen molar-refractivity contribution < 1.29 is 23.9 Å². The van der Waals surface area contributed by atoms with Crippen molar-refractivity contribution in [3.63, 3.8) is 0 Å². The predicted octanol–water partition coefficient (Wildman–Crippen LogP) is 3.92. The lowest BCUT2D eigenvalue weighted by Crippen LogP contribution is -2.61. The molecule has 1 unspecified atom stereocenters. The lowest BCUT2D eigenvalue weighted by atomic mass is 9.85. The lowest BCUT2D eigenvalue weighted by molar-refractivity contribution is -0.209. The molecule has 2 aromatic carbocycles. The van der Waals surface area contributed by atoms with Gasteiger partial charge in [0.25, 0.3) is 0 Å². The van der Waals surface area contributed by atoms with Gasteiger partial charge < -0.3 is 20.5 Å². The van der Waals surface area contributed by atoms with Gasteiger partial charge in [-0.1, -0.05) is 48.9 Å². The number of ether oxygens (including phenoxy) is 2. The highest BCUT2D eigenvalue weighted by molar-refractivity contribution is 5.89. The summed E-state index contributed by atoms with van der Waals surface area (Å²) >= 11 is 0. The molecule has 3 atom stereocenters. The van der Waals surface area contributed by atoms with Crippen molar-refractivity contribution in [2.75, 3.05) is 13.2 Å². The summed E-state index contributed by atoms with van der Waals surface area (Å²) in [6.07, 6.45) is 6.38. The number of nitrogens with one attached hydrogen (secondary N) is 2. The van der Waals surface area contributed by atoms with Crippen LogP contribution in [-0.4, -0.2) is 59.9 Å². The van der Waals surface area contributed by atoms with Gasteiger partial charge in [0, 0.05) is 24.9 Å². The van der Waals surface area contributed by atoms with Crippen LogP contribution in [0.2, 0.25) is 0 Å². The summed E-state index contributed by atoms with van der Waals surface area (Å²) in [6.45, 7) is 6.64. The van der Waals surface area contributed by atoms with E-state index in [4.69, 9.17) is 15.2 Å². The number of urea groups is 1. The number of hydrazone groups is 1. The standard InChI is InChI=1S/C30H41N5O5/c1-29(2,3)40-26(36)19-22(20-32-34-28(31)38)33-27(37)25-15-6-8-17-35(25)30(16-7-9-18-39-30)24-14-10-12-21-11-4-5-13-23(21)24/h4-5,10-14,20,22,25H,6-9,15-19H2,1-3H3,(H,33,37)(H3,31,34,38)/t22-,25-,30?/m0/s1. The Kier molecular flexibility index (Phi) is 9.42. The third kappa shape index (κ3) is 7.17. The normalized spacial score (nSPS) is 23.0. The van der Waals surface area contributed by atoms with Gasteiger partial charge in [-0.2, -0.15) is 5.10 Å². The van der Waals surface area contributed by atoms with Crippen LogP contribution in [0.15, 0.2) is 47.6 Å². The van der Waals surface area contributed by atoms with E-state index in [1.54, 1.807) is 20.8 Å². The lowest BCUT2D eigenvalue weighted by Gasteiger charge is -2.51.